The van der Waals surface area contributed by atoms with Gasteiger partial charge in [0.25, 0.3) is 0 Å². The van der Waals surface area contributed by atoms with Crippen LogP contribution < -0.4 is 14.8 Å². The largest absolute Gasteiger partial charge is 0.493 e. The molecule has 0 bridgehead atoms. The van der Waals surface area contributed by atoms with Crippen LogP contribution in [0.4, 0.5) is 0 Å². The molecule has 130 valence electrons. The summed E-state index contributed by atoms with van der Waals surface area (Å²) >= 11 is 6.66. The molecule has 1 aromatic rings. The lowest BCUT2D eigenvalue weighted by atomic mass is 10.0. The normalized spacial score (nSPS) is 20.6. The Labute approximate surface area is 144 Å². The Kier molecular flexibility index (Phi) is 6.53. The molecule has 0 saturated carbocycles. The van der Waals surface area contributed by atoms with Gasteiger partial charge in [-0.1, -0.05) is 17.7 Å². The number of rotatable bonds is 6. The van der Waals surface area contributed by atoms with Crippen LogP contribution >= 0.6 is 11.6 Å². The zero-order valence-corrected chi connectivity index (χ0v) is 15.5. The van der Waals surface area contributed by atoms with Crippen molar-refractivity contribution in [1.82, 2.24) is 15.1 Å². The van der Waals surface area contributed by atoms with Gasteiger partial charge < -0.3 is 19.7 Å². The van der Waals surface area contributed by atoms with Gasteiger partial charge in [0.1, 0.15) is 0 Å². The molecule has 2 atom stereocenters. The monoisotopic (exact) mass is 341 g/mol. The fourth-order valence-corrected chi connectivity index (χ4v) is 3.52. The molecule has 0 amide bonds. The first-order valence-electron chi connectivity index (χ1n) is 8.00. The van der Waals surface area contributed by atoms with Crippen molar-refractivity contribution in [3.8, 4) is 11.5 Å². The van der Waals surface area contributed by atoms with Gasteiger partial charge in [-0.15, -0.1) is 0 Å². The van der Waals surface area contributed by atoms with Crippen LogP contribution in [0.25, 0.3) is 0 Å². The lowest BCUT2D eigenvalue weighted by molar-refractivity contribution is 0.125. The molecular weight excluding hydrogens is 314 g/mol. The minimum atomic E-state index is 0.224. The zero-order valence-electron chi connectivity index (χ0n) is 14.7. The Morgan fingerprint density at radius 1 is 1.35 bits per heavy atom. The molecule has 1 N–H and O–H groups in total. The van der Waals surface area contributed by atoms with Crippen molar-refractivity contribution in [1.29, 1.82) is 0 Å². The van der Waals surface area contributed by atoms with E-state index in [4.69, 9.17) is 21.1 Å². The third-order valence-corrected chi connectivity index (χ3v) is 4.64. The van der Waals surface area contributed by atoms with Gasteiger partial charge in [-0.3, -0.25) is 4.90 Å². The first-order valence-corrected chi connectivity index (χ1v) is 8.38. The number of benzene rings is 1. The lowest BCUT2D eigenvalue weighted by Gasteiger charge is -2.39. The second kappa shape index (κ2) is 8.20. The quantitative estimate of drug-likeness (QED) is 0.859. The predicted molar refractivity (Wildman–Crippen MR) is 94.9 cm³/mol. The summed E-state index contributed by atoms with van der Waals surface area (Å²) in [6.07, 6.45) is 0. The average Bonchev–Trinajstić information content (AvgIpc) is 2.52. The van der Waals surface area contributed by atoms with Crippen LogP contribution in [-0.2, 0) is 0 Å². The van der Waals surface area contributed by atoms with Gasteiger partial charge in [0.15, 0.2) is 11.5 Å². The van der Waals surface area contributed by atoms with E-state index in [-0.39, 0.29) is 6.04 Å². The van der Waals surface area contributed by atoms with E-state index in [1.807, 2.05) is 6.07 Å². The molecule has 23 heavy (non-hydrogen) atoms. The SMILES string of the molecule is COc1ccc(C(CN(C)C)N2CCNC(C)C2)c(Cl)c1OC. The van der Waals surface area contributed by atoms with Crippen molar-refractivity contribution < 1.29 is 9.47 Å². The third-order valence-electron chi connectivity index (χ3n) is 4.25. The molecule has 0 radical (unpaired) electrons. The Bertz CT molecular complexity index is 525. The summed E-state index contributed by atoms with van der Waals surface area (Å²) in [6.45, 7) is 6.13. The maximum atomic E-state index is 6.66. The van der Waals surface area contributed by atoms with E-state index in [0.717, 1.165) is 31.7 Å². The first-order chi connectivity index (χ1) is 11.0. The maximum Gasteiger partial charge on any atom is 0.179 e. The number of nitrogens with zero attached hydrogens (tertiary/aromatic N) is 2. The van der Waals surface area contributed by atoms with Crippen LogP contribution in [0.1, 0.15) is 18.5 Å². The van der Waals surface area contributed by atoms with Crippen molar-refractivity contribution in [2.24, 2.45) is 0 Å². The Morgan fingerprint density at radius 3 is 2.65 bits per heavy atom. The molecule has 6 heteroatoms. The van der Waals surface area contributed by atoms with E-state index in [9.17, 15) is 0 Å². The fraction of sp³-hybridized carbons (Fsp3) is 0.647. The van der Waals surface area contributed by atoms with E-state index >= 15 is 0 Å². The topological polar surface area (TPSA) is 37.0 Å². The van der Waals surface area contributed by atoms with Crippen LogP contribution in [0, 0.1) is 0 Å². The highest BCUT2D eigenvalue weighted by Crippen LogP contribution is 2.41. The maximum absolute atomic E-state index is 6.66. The van der Waals surface area contributed by atoms with Gasteiger partial charge in [-0.25, -0.2) is 0 Å². The summed E-state index contributed by atoms with van der Waals surface area (Å²) in [6, 6.07) is 4.70. The summed E-state index contributed by atoms with van der Waals surface area (Å²) in [5, 5.41) is 4.14. The van der Waals surface area contributed by atoms with Crippen LogP contribution in [0.3, 0.4) is 0 Å². The molecule has 0 aliphatic carbocycles. The van der Waals surface area contributed by atoms with Crippen molar-refractivity contribution in [3.05, 3.63) is 22.7 Å². The molecular formula is C17H28ClN3O2. The Balaban J connectivity index is 2.39. The molecule has 1 saturated heterocycles. The lowest BCUT2D eigenvalue weighted by Crippen LogP contribution is -2.51. The number of methoxy groups -OCH3 is 2. The minimum Gasteiger partial charge on any atom is -0.493 e. The number of hydrogen-bond donors (Lipinski definition) is 1. The molecule has 1 aliphatic rings. The summed E-state index contributed by atoms with van der Waals surface area (Å²) in [5.74, 6) is 1.28. The fourth-order valence-electron chi connectivity index (χ4n) is 3.16. The zero-order chi connectivity index (χ0) is 17.0. The van der Waals surface area contributed by atoms with Crippen molar-refractivity contribution in [2.45, 2.75) is 19.0 Å². The molecule has 1 heterocycles. The molecule has 0 aromatic heterocycles. The van der Waals surface area contributed by atoms with Crippen LogP contribution in [0.2, 0.25) is 5.02 Å². The molecule has 1 fully saturated rings. The molecule has 0 spiro atoms. The smallest absolute Gasteiger partial charge is 0.179 e. The summed E-state index contributed by atoms with van der Waals surface area (Å²) < 4.78 is 10.8. The van der Waals surface area contributed by atoms with Gasteiger partial charge in [0, 0.05) is 38.3 Å². The minimum absolute atomic E-state index is 0.224. The number of ether oxygens (including phenoxy) is 2. The van der Waals surface area contributed by atoms with E-state index in [2.05, 4.69) is 42.2 Å². The standard InChI is InChI=1S/C17H28ClN3O2/c1-12-10-21(9-8-19-12)14(11-20(2)3)13-6-7-15(22-4)17(23-5)16(13)18/h6-7,12,14,19H,8-11H2,1-5H3. The van der Waals surface area contributed by atoms with Crippen LogP contribution in [-0.4, -0.2) is 70.3 Å². The number of piperazine rings is 1. The summed E-state index contributed by atoms with van der Waals surface area (Å²) in [5.41, 5.74) is 1.09. The van der Waals surface area contributed by atoms with Crippen LogP contribution in [0.5, 0.6) is 11.5 Å². The van der Waals surface area contributed by atoms with E-state index in [1.54, 1.807) is 14.2 Å². The molecule has 1 aliphatic heterocycles. The Morgan fingerprint density at radius 2 is 2.09 bits per heavy atom. The summed E-state index contributed by atoms with van der Waals surface area (Å²) in [7, 11) is 7.44. The highest BCUT2D eigenvalue weighted by atomic mass is 35.5. The average molecular weight is 342 g/mol. The molecule has 5 nitrogen and oxygen atoms in total. The molecule has 2 rings (SSSR count). The van der Waals surface area contributed by atoms with Crippen molar-refractivity contribution in [2.75, 3.05) is 54.5 Å². The number of likely N-dealkylation sites (N-methyl/N-ethyl adjacent to an activating group) is 1. The number of nitrogens with one attached hydrogen (secondary N) is 1. The second-order valence-corrected chi connectivity index (χ2v) is 6.71. The van der Waals surface area contributed by atoms with Gasteiger partial charge >= 0.3 is 0 Å². The summed E-state index contributed by atoms with van der Waals surface area (Å²) in [4.78, 5) is 4.69. The molecule has 1 aromatic carbocycles. The van der Waals surface area contributed by atoms with Gasteiger partial charge in [-0.2, -0.15) is 0 Å². The highest BCUT2D eigenvalue weighted by molar-refractivity contribution is 6.33. The van der Waals surface area contributed by atoms with E-state index < -0.39 is 0 Å². The Hall–Kier alpha value is -1.01. The number of hydrogen-bond acceptors (Lipinski definition) is 5. The highest BCUT2D eigenvalue weighted by Gasteiger charge is 2.28. The number of halogens is 1. The van der Waals surface area contributed by atoms with Crippen molar-refractivity contribution >= 4 is 11.6 Å². The van der Waals surface area contributed by atoms with E-state index in [1.165, 1.54) is 0 Å². The van der Waals surface area contributed by atoms with Gasteiger partial charge in [-0.05, 0) is 32.6 Å². The van der Waals surface area contributed by atoms with E-state index in [0.29, 0.717) is 22.6 Å². The van der Waals surface area contributed by atoms with Crippen molar-refractivity contribution in [3.63, 3.8) is 0 Å². The van der Waals surface area contributed by atoms with Crippen LogP contribution in [0.15, 0.2) is 12.1 Å². The van der Waals surface area contributed by atoms with Gasteiger partial charge in [0.05, 0.1) is 19.2 Å². The molecule has 2 unspecified atom stereocenters. The van der Waals surface area contributed by atoms with Gasteiger partial charge in [0.2, 0.25) is 0 Å². The third kappa shape index (κ3) is 4.29. The predicted octanol–water partition coefficient (Wildman–Crippen LogP) is 2.25. The first kappa shape index (κ1) is 18.3. The second-order valence-electron chi connectivity index (χ2n) is 6.33.